The monoisotopic (exact) mass is 246 g/mol. The van der Waals surface area contributed by atoms with Crippen LogP contribution in [0.5, 0.6) is 0 Å². The Morgan fingerprint density at radius 2 is 2.00 bits per heavy atom. The van der Waals surface area contributed by atoms with Gasteiger partial charge in [0.15, 0.2) is 0 Å². The zero-order chi connectivity index (χ0) is 12.0. The van der Waals surface area contributed by atoms with Crippen LogP contribution in [0, 0.1) is 5.92 Å². The number of carbonyl (C=O) groups is 1. The van der Waals surface area contributed by atoms with Crippen LogP contribution in [-0.4, -0.2) is 41.3 Å². The number of aliphatic hydroxyl groups is 1. The number of thioether (sulfide) groups is 1. The van der Waals surface area contributed by atoms with E-state index in [1.807, 2.05) is 25.6 Å². The highest BCUT2D eigenvalue weighted by Gasteiger charge is 2.29. The maximum Gasteiger partial charge on any atom is 0.314 e. The molecule has 0 aliphatic carbocycles. The number of nitrogens with one attached hydrogen (secondary N) is 2. The van der Waals surface area contributed by atoms with E-state index in [1.165, 1.54) is 0 Å². The van der Waals surface area contributed by atoms with Gasteiger partial charge in [0.05, 0.1) is 5.60 Å². The van der Waals surface area contributed by atoms with E-state index in [2.05, 4.69) is 10.6 Å². The molecule has 0 spiro atoms. The molecule has 0 aromatic rings. The fourth-order valence-corrected chi connectivity index (χ4v) is 2.78. The van der Waals surface area contributed by atoms with Crippen molar-refractivity contribution in [2.75, 3.05) is 24.6 Å². The summed E-state index contributed by atoms with van der Waals surface area (Å²) in [5.74, 6) is 2.40. The van der Waals surface area contributed by atoms with Crippen LogP contribution in [0.25, 0.3) is 0 Å². The van der Waals surface area contributed by atoms with Gasteiger partial charge in [-0.15, -0.1) is 0 Å². The molecule has 1 saturated heterocycles. The van der Waals surface area contributed by atoms with Gasteiger partial charge in [0.2, 0.25) is 0 Å². The average Bonchev–Trinajstić information content (AvgIpc) is 2.25. The molecule has 0 bridgehead atoms. The first kappa shape index (κ1) is 13.6. The first-order valence-corrected chi connectivity index (χ1v) is 6.99. The van der Waals surface area contributed by atoms with Crippen molar-refractivity contribution in [3.63, 3.8) is 0 Å². The molecular formula is C11H22N2O2S. The van der Waals surface area contributed by atoms with Crippen molar-refractivity contribution in [1.29, 1.82) is 0 Å². The van der Waals surface area contributed by atoms with Crippen LogP contribution in [0.4, 0.5) is 4.79 Å². The van der Waals surface area contributed by atoms with Gasteiger partial charge in [-0.25, -0.2) is 4.79 Å². The van der Waals surface area contributed by atoms with Gasteiger partial charge in [-0.3, -0.25) is 0 Å². The van der Waals surface area contributed by atoms with Crippen molar-refractivity contribution in [3.05, 3.63) is 0 Å². The molecule has 0 atom stereocenters. The van der Waals surface area contributed by atoms with Gasteiger partial charge < -0.3 is 15.7 Å². The maximum absolute atomic E-state index is 11.4. The van der Waals surface area contributed by atoms with Gasteiger partial charge >= 0.3 is 6.03 Å². The van der Waals surface area contributed by atoms with Gasteiger partial charge in [-0.05, 0) is 30.3 Å². The summed E-state index contributed by atoms with van der Waals surface area (Å²) in [7, 11) is 0. The number of rotatable bonds is 4. The summed E-state index contributed by atoms with van der Waals surface area (Å²) >= 11 is 1.86. The molecule has 0 unspecified atom stereocenters. The van der Waals surface area contributed by atoms with Crippen LogP contribution >= 0.6 is 11.8 Å². The number of hydrogen-bond acceptors (Lipinski definition) is 3. The van der Waals surface area contributed by atoms with E-state index in [0.717, 1.165) is 24.3 Å². The molecule has 2 amide bonds. The molecule has 0 saturated carbocycles. The summed E-state index contributed by atoms with van der Waals surface area (Å²) < 4.78 is 0. The van der Waals surface area contributed by atoms with E-state index in [1.54, 1.807) is 0 Å². The first-order chi connectivity index (χ1) is 7.52. The Hall–Kier alpha value is -0.420. The highest BCUT2D eigenvalue weighted by atomic mass is 32.2. The lowest BCUT2D eigenvalue weighted by Gasteiger charge is -2.31. The Labute approximate surface area is 102 Å². The first-order valence-electron chi connectivity index (χ1n) is 5.84. The molecule has 1 aliphatic heterocycles. The summed E-state index contributed by atoms with van der Waals surface area (Å²) in [5, 5.41) is 15.7. The molecular weight excluding hydrogens is 224 g/mol. The fourth-order valence-electron chi connectivity index (χ4n) is 1.53. The van der Waals surface area contributed by atoms with E-state index in [4.69, 9.17) is 0 Å². The standard InChI is InChI=1S/C11H22N2O2S/c1-9(2)7-12-10(14)13-8-11(15)3-5-16-6-4-11/h9,15H,3-8H2,1-2H3,(H2,12,13,14). The second-order valence-electron chi connectivity index (χ2n) is 4.79. The predicted molar refractivity (Wildman–Crippen MR) is 67.7 cm³/mol. The zero-order valence-electron chi connectivity index (χ0n) is 10.1. The van der Waals surface area contributed by atoms with Crippen molar-refractivity contribution in [2.24, 2.45) is 5.92 Å². The van der Waals surface area contributed by atoms with E-state index in [9.17, 15) is 9.90 Å². The Balaban J connectivity index is 2.19. The molecule has 1 rings (SSSR count). The Morgan fingerprint density at radius 3 is 2.56 bits per heavy atom. The van der Waals surface area contributed by atoms with E-state index in [0.29, 0.717) is 19.0 Å². The van der Waals surface area contributed by atoms with E-state index >= 15 is 0 Å². The van der Waals surface area contributed by atoms with Crippen LogP contribution in [-0.2, 0) is 0 Å². The van der Waals surface area contributed by atoms with E-state index in [-0.39, 0.29) is 6.03 Å². The molecule has 0 aromatic heterocycles. The molecule has 0 aromatic carbocycles. The van der Waals surface area contributed by atoms with Gasteiger partial charge in [-0.1, -0.05) is 13.8 Å². The fraction of sp³-hybridized carbons (Fsp3) is 0.909. The Kier molecular flexibility index (Phi) is 5.41. The van der Waals surface area contributed by atoms with Crippen LogP contribution in [0.3, 0.4) is 0 Å². The molecule has 5 heteroatoms. The van der Waals surface area contributed by atoms with Gasteiger partial charge in [-0.2, -0.15) is 11.8 Å². The molecule has 0 radical (unpaired) electrons. The third-order valence-electron chi connectivity index (χ3n) is 2.67. The average molecular weight is 246 g/mol. The number of amides is 2. The van der Waals surface area contributed by atoms with Crippen LogP contribution in [0.2, 0.25) is 0 Å². The van der Waals surface area contributed by atoms with Gasteiger partial charge in [0.25, 0.3) is 0 Å². The molecule has 1 aliphatic rings. The smallest absolute Gasteiger partial charge is 0.314 e. The van der Waals surface area contributed by atoms with Crippen molar-refractivity contribution >= 4 is 17.8 Å². The van der Waals surface area contributed by atoms with Crippen molar-refractivity contribution in [1.82, 2.24) is 10.6 Å². The summed E-state index contributed by atoms with van der Waals surface area (Å²) in [6.07, 6.45) is 1.53. The molecule has 1 heterocycles. The SMILES string of the molecule is CC(C)CNC(=O)NCC1(O)CCSCC1. The topological polar surface area (TPSA) is 61.4 Å². The minimum atomic E-state index is -0.694. The highest BCUT2D eigenvalue weighted by molar-refractivity contribution is 7.99. The largest absolute Gasteiger partial charge is 0.388 e. The summed E-state index contributed by atoms with van der Waals surface area (Å²) in [5.41, 5.74) is -0.694. The third-order valence-corrected chi connectivity index (χ3v) is 3.66. The van der Waals surface area contributed by atoms with Crippen molar-refractivity contribution in [2.45, 2.75) is 32.3 Å². The number of urea groups is 1. The molecule has 4 nitrogen and oxygen atoms in total. The van der Waals surface area contributed by atoms with Crippen molar-refractivity contribution < 1.29 is 9.90 Å². The molecule has 1 fully saturated rings. The lowest BCUT2D eigenvalue weighted by atomic mass is 9.97. The quantitative estimate of drug-likeness (QED) is 0.698. The third kappa shape index (κ3) is 5.07. The minimum Gasteiger partial charge on any atom is -0.388 e. The lowest BCUT2D eigenvalue weighted by Crippen LogP contribution is -2.48. The Bertz CT molecular complexity index is 228. The predicted octanol–water partition coefficient (Wildman–Crippen LogP) is 1.20. The highest BCUT2D eigenvalue weighted by Crippen LogP contribution is 2.25. The van der Waals surface area contributed by atoms with E-state index < -0.39 is 5.60 Å². The van der Waals surface area contributed by atoms with Crippen LogP contribution < -0.4 is 10.6 Å². The zero-order valence-corrected chi connectivity index (χ0v) is 10.9. The van der Waals surface area contributed by atoms with Crippen LogP contribution in [0.1, 0.15) is 26.7 Å². The summed E-state index contributed by atoms with van der Waals surface area (Å²) in [6.45, 7) is 5.12. The van der Waals surface area contributed by atoms with Crippen LogP contribution in [0.15, 0.2) is 0 Å². The van der Waals surface area contributed by atoms with Gasteiger partial charge in [0, 0.05) is 13.1 Å². The summed E-state index contributed by atoms with van der Waals surface area (Å²) in [6, 6.07) is -0.180. The lowest BCUT2D eigenvalue weighted by molar-refractivity contribution is 0.0346. The molecule has 16 heavy (non-hydrogen) atoms. The van der Waals surface area contributed by atoms with Crippen molar-refractivity contribution in [3.8, 4) is 0 Å². The summed E-state index contributed by atoms with van der Waals surface area (Å²) in [4.78, 5) is 11.4. The normalized spacial score (nSPS) is 19.5. The second kappa shape index (κ2) is 6.35. The molecule has 3 N–H and O–H groups in total. The number of carbonyl (C=O) groups excluding carboxylic acids is 1. The minimum absolute atomic E-state index is 0.180. The van der Waals surface area contributed by atoms with Gasteiger partial charge in [0.1, 0.15) is 0 Å². The number of hydrogen-bond donors (Lipinski definition) is 3. The Morgan fingerprint density at radius 1 is 1.38 bits per heavy atom. The maximum atomic E-state index is 11.4. The second-order valence-corrected chi connectivity index (χ2v) is 6.02. The molecule has 94 valence electrons.